The fraction of sp³-hybridized carbons (Fsp3) is 0.389. The van der Waals surface area contributed by atoms with Crippen molar-refractivity contribution in [2.45, 2.75) is 37.9 Å². The third kappa shape index (κ3) is 3.52. The molecule has 1 aromatic carbocycles. The van der Waals surface area contributed by atoms with Crippen LogP contribution in [0, 0.1) is 0 Å². The number of aliphatic hydroxyl groups is 1. The first-order valence-corrected chi connectivity index (χ1v) is 8.37. The highest BCUT2D eigenvalue weighted by molar-refractivity contribution is 6.03. The Bertz CT molecular complexity index is 823. The Morgan fingerprint density at radius 2 is 2.08 bits per heavy atom. The predicted molar refractivity (Wildman–Crippen MR) is 93.9 cm³/mol. The number of ether oxygens (including phenoxy) is 2. The van der Waals surface area contributed by atoms with Crippen molar-refractivity contribution in [3.05, 3.63) is 58.6 Å². The molecule has 8 heteroatoms. The number of carbonyl (C=O) groups excluding carboxylic acids is 1. The van der Waals surface area contributed by atoms with E-state index in [1.54, 1.807) is 24.3 Å². The number of hydrogen-bond donors (Lipinski definition) is 2. The van der Waals surface area contributed by atoms with E-state index < -0.39 is 30.2 Å². The summed E-state index contributed by atoms with van der Waals surface area (Å²) in [4.78, 5) is 28.4. The average molecular weight is 359 g/mol. The van der Waals surface area contributed by atoms with Gasteiger partial charge in [0.05, 0.1) is 6.10 Å². The monoisotopic (exact) mass is 359 g/mol. The van der Waals surface area contributed by atoms with Gasteiger partial charge in [0, 0.05) is 18.9 Å². The number of nitrogens with one attached hydrogen (secondary N) is 1. The summed E-state index contributed by atoms with van der Waals surface area (Å²) in [7, 11) is 1.45. The van der Waals surface area contributed by atoms with Gasteiger partial charge in [-0.2, -0.15) is 4.98 Å². The lowest BCUT2D eigenvalue weighted by Gasteiger charge is -2.20. The molecule has 1 aromatic heterocycles. The van der Waals surface area contributed by atoms with Gasteiger partial charge in [-0.25, -0.2) is 4.79 Å². The zero-order valence-electron chi connectivity index (χ0n) is 14.5. The van der Waals surface area contributed by atoms with Crippen LogP contribution in [-0.4, -0.2) is 46.0 Å². The second-order valence-corrected chi connectivity index (χ2v) is 5.99. The summed E-state index contributed by atoms with van der Waals surface area (Å²) in [6.07, 6.45) is -0.654. The number of benzene rings is 1. The molecule has 0 bridgehead atoms. The largest absolute Gasteiger partial charge is 0.388 e. The first-order chi connectivity index (χ1) is 12.5. The van der Waals surface area contributed by atoms with Crippen molar-refractivity contribution in [1.29, 1.82) is 0 Å². The molecule has 2 N–H and O–H groups in total. The summed E-state index contributed by atoms with van der Waals surface area (Å²) in [5.74, 6) is -0.219. The summed E-state index contributed by atoms with van der Waals surface area (Å²) >= 11 is 0. The Morgan fingerprint density at radius 3 is 2.69 bits per heavy atom. The Kier molecular flexibility index (Phi) is 5.46. The molecule has 0 radical (unpaired) electrons. The van der Waals surface area contributed by atoms with Crippen LogP contribution in [0.2, 0.25) is 0 Å². The van der Waals surface area contributed by atoms with Crippen LogP contribution in [0.25, 0.3) is 0 Å². The zero-order chi connectivity index (χ0) is 18.7. The van der Waals surface area contributed by atoms with Crippen LogP contribution in [0.1, 0.15) is 29.9 Å². The van der Waals surface area contributed by atoms with Crippen LogP contribution >= 0.6 is 0 Å². The second kappa shape index (κ2) is 7.77. The minimum Gasteiger partial charge on any atom is -0.388 e. The lowest BCUT2D eigenvalue weighted by atomic mass is 10.1. The number of aromatic nitrogens is 2. The van der Waals surface area contributed by atoms with Gasteiger partial charge in [0.1, 0.15) is 18.0 Å². The van der Waals surface area contributed by atoms with Crippen molar-refractivity contribution in [3.8, 4) is 0 Å². The third-order valence-corrected chi connectivity index (χ3v) is 4.37. The number of rotatable bonds is 5. The van der Waals surface area contributed by atoms with E-state index in [1.807, 2.05) is 13.0 Å². The van der Waals surface area contributed by atoms with E-state index in [1.165, 1.54) is 23.9 Å². The van der Waals surface area contributed by atoms with Gasteiger partial charge in [-0.3, -0.25) is 9.36 Å². The zero-order valence-corrected chi connectivity index (χ0v) is 14.5. The SMILES string of the molecule is CC[C@H]1O[C@@H](n2ccc(NC(=O)c3ccccc3)nc2=O)[C@H](OC)[C@@H]1O. The van der Waals surface area contributed by atoms with Crippen LogP contribution in [-0.2, 0) is 9.47 Å². The average Bonchev–Trinajstić information content (AvgIpc) is 2.98. The van der Waals surface area contributed by atoms with E-state index in [9.17, 15) is 14.7 Å². The van der Waals surface area contributed by atoms with Crippen LogP contribution in [0.4, 0.5) is 5.82 Å². The van der Waals surface area contributed by atoms with Gasteiger partial charge >= 0.3 is 5.69 Å². The van der Waals surface area contributed by atoms with Crippen molar-refractivity contribution in [1.82, 2.24) is 9.55 Å². The van der Waals surface area contributed by atoms with Crippen molar-refractivity contribution >= 4 is 11.7 Å². The van der Waals surface area contributed by atoms with Gasteiger partial charge in [-0.1, -0.05) is 25.1 Å². The first kappa shape index (κ1) is 18.2. The molecule has 1 fully saturated rings. The predicted octanol–water partition coefficient (Wildman–Crippen LogP) is 1.18. The van der Waals surface area contributed by atoms with Crippen molar-refractivity contribution in [2.75, 3.05) is 12.4 Å². The molecule has 3 rings (SSSR count). The fourth-order valence-corrected chi connectivity index (χ4v) is 2.99. The maximum absolute atomic E-state index is 12.4. The lowest BCUT2D eigenvalue weighted by molar-refractivity contribution is -0.0541. The van der Waals surface area contributed by atoms with Gasteiger partial charge in [0.15, 0.2) is 6.23 Å². The highest BCUT2D eigenvalue weighted by Gasteiger charge is 2.44. The van der Waals surface area contributed by atoms with Crippen molar-refractivity contribution in [2.24, 2.45) is 0 Å². The highest BCUT2D eigenvalue weighted by atomic mass is 16.6. The number of amides is 1. The summed E-state index contributed by atoms with van der Waals surface area (Å²) in [5, 5.41) is 12.8. The molecule has 138 valence electrons. The molecule has 0 aliphatic carbocycles. The van der Waals surface area contributed by atoms with Gasteiger partial charge < -0.3 is 19.9 Å². The molecule has 2 heterocycles. The van der Waals surface area contributed by atoms with Crippen molar-refractivity contribution < 1.29 is 19.4 Å². The summed E-state index contributed by atoms with van der Waals surface area (Å²) in [6.45, 7) is 1.88. The Labute approximate surface area is 150 Å². The fourth-order valence-electron chi connectivity index (χ4n) is 2.99. The molecule has 8 nitrogen and oxygen atoms in total. The van der Waals surface area contributed by atoms with Crippen LogP contribution < -0.4 is 11.0 Å². The van der Waals surface area contributed by atoms with Gasteiger partial charge in [-0.05, 0) is 24.6 Å². The number of carbonyl (C=O) groups is 1. The van der Waals surface area contributed by atoms with E-state index in [-0.39, 0.29) is 11.7 Å². The molecular formula is C18H21N3O5. The summed E-state index contributed by atoms with van der Waals surface area (Å²) in [5.41, 5.74) is -0.141. The molecule has 1 aliphatic rings. The maximum Gasteiger partial charge on any atom is 0.351 e. The topological polar surface area (TPSA) is 103 Å². The number of methoxy groups -OCH3 is 1. The molecule has 1 aliphatic heterocycles. The van der Waals surface area contributed by atoms with E-state index in [0.29, 0.717) is 12.0 Å². The van der Waals surface area contributed by atoms with E-state index >= 15 is 0 Å². The standard InChI is InChI=1S/C18H21N3O5/c1-3-12-14(22)15(25-2)17(26-12)21-10-9-13(20-18(21)24)19-16(23)11-7-5-4-6-8-11/h4-10,12,14-15,17,22H,3H2,1-2H3,(H,19,20,23,24)/t12-,14-,15-,17-/m1/s1. The molecule has 1 saturated heterocycles. The number of nitrogens with zero attached hydrogens (tertiary/aromatic N) is 2. The quantitative estimate of drug-likeness (QED) is 0.831. The van der Waals surface area contributed by atoms with E-state index in [4.69, 9.17) is 9.47 Å². The van der Waals surface area contributed by atoms with Crippen LogP contribution in [0.3, 0.4) is 0 Å². The first-order valence-electron chi connectivity index (χ1n) is 8.37. The Morgan fingerprint density at radius 1 is 1.35 bits per heavy atom. The van der Waals surface area contributed by atoms with Gasteiger partial charge in [0.2, 0.25) is 0 Å². The Hall–Kier alpha value is -2.55. The molecule has 0 saturated carbocycles. The molecule has 0 unspecified atom stereocenters. The number of aliphatic hydroxyl groups excluding tert-OH is 1. The van der Waals surface area contributed by atoms with Crippen LogP contribution in [0.15, 0.2) is 47.4 Å². The maximum atomic E-state index is 12.4. The van der Waals surface area contributed by atoms with Gasteiger partial charge in [0.25, 0.3) is 5.91 Å². The lowest BCUT2D eigenvalue weighted by Crippen LogP contribution is -2.37. The minimum absolute atomic E-state index is 0.139. The molecule has 0 spiro atoms. The smallest absolute Gasteiger partial charge is 0.351 e. The second-order valence-electron chi connectivity index (χ2n) is 5.99. The molecule has 2 aromatic rings. The normalized spacial score (nSPS) is 25.2. The van der Waals surface area contributed by atoms with E-state index in [0.717, 1.165) is 0 Å². The number of hydrogen-bond acceptors (Lipinski definition) is 6. The molecule has 1 amide bonds. The van der Waals surface area contributed by atoms with Crippen LogP contribution in [0.5, 0.6) is 0 Å². The highest BCUT2D eigenvalue weighted by Crippen LogP contribution is 2.31. The summed E-state index contributed by atoms with van der Waals surface area (Å²) < 4.78 is 12.3. The molecule has 26 heavy (non-hydrogen) atoms. The van der Waals surface area contributed by atoms with Gasteiger partial charge in [-0.15, -0.1) is 0 Å². The van der Waals surface area contributed by atoms with Crippen molar-refractivity contribution in [3.63, 3.8) is 0 Å². The Balaban J connectivity index is 1.80. The molecular weight excluding hydrogens is 338 g/mol. The number of anilines is 1. The minimum atomic E-state index is -0.834. The third-order valence-electron chi connectivity index (χ3n) is 4.37. The summed E-state index contributed by atoms with van der Waals surface area (Å²) in [6, 6.07) is 10.1. The molecule has 4 atom stereocenters. The van der Waals surface area contributed by atoms with E-state index in [2.05, 4.69) is 10.3 Å².